The van der Waals surface area contributed by atoms with Gasteiger partial charge in [0.15, 0.2) is 5.96 Å². The molecular weight excluding hydrogens is 347 g/mol. The second-order valence-corrected chi connectivity index (χ2v) is 4.36. The molecule has 0 aromatic rings. The van der Waals surface area contributed by atoms with Gasteiger partial charge in [-0.2, -0.15) is 0 Å². The molecule has 0 aliphatic heterocycles. The molecular formula is C11H25IN4O2. The predicted octanol–water partition coefficient (Wildman–Crippen LogP) is 0.317. The number of guanidine groups is 1. The second-order valence-electron chi connectivity index (χ2n) is 4.36. The van der Waals surface area contributed by atoms with Crippen LogP contribution >= 0.6 is 24.0 Å². The van der Waals surface area contributed by atoms with Gasteiger partial charge in [0.1, 0.15) is 0 Å². The van der Waals surface area contributed by atoms with Crippen LogP contribution in [-0.4, -0.2) is 45.2 Å². The third-order valence-corrected chi connectivity index (χ3v) is 2.21. The van der Waals surface area contributed by atoms with Crippen LogP contribution in [-0.2, 0) is 9.53 Å². The van der Waals surface area contributed by atoms with Gasteiger partial charge in [-0.05, 0) is 20.8 Å². The number of nitrogens with zero attached hydrogens (tertiary/aromatic N) is 1. The number of aliphatic imine (C=N–C) groups is 1. The molecule has 0 atom stereocenters. The van der Waals surface area contributed by atoms with Gasteiger partial charge in [0, 0.05) is 20.2 Å². The van der Waals surface area contributed by atoms with Gasteiger partial charge in [0.25, 0.3) is 0 Å². The summed E-state index contributed by atoms with van der Waals surface area (Å²) < 4.78 is 4.87. The summed E-state index contributed by atoms with van der Waals surface area (Å²) in [6.45, 7) is 7.70. The average molecular weight is 372 g/mol. The normalized spacial score (nSPS) is 11.7. The summed E-state index contributed by atoms with van der Waals surface area (Å²) >= 11 is 0. The van der Waals surface area contributed by atoms with E-state index in [1.54, 1.807) is 7.11 Å². The number of rotatable bonds is 7. The highest BCUT2D eigenvalue weighted by atomic mass is 127. The van der Waals surface area contributed by atoms with Crippen molar-refractivity contribution in [2.24, 2.45) is 16.1 Å². The fourth-order valence-electron chi connectivity index (χ4n) is 1.09. The Balaban J connectivity index is 0. The summed E-state index contributed by atoms with van der Waals surface area (Å²) in [5.74, 6) is 0.313. The van der Waals surface area contributed by atoms with E-state index in [9.17, 15) is 4.79 Å². The quantitative estimate of drug-likeness (QED) is 0.260. The number of ether oxygens (including phenoxy) is 1. The average Bonchev–Trinajstić information content (AvgIpc) is 2.27. The molecule has 7 heteroatoms. The van der Waals surface area contributed by atoms with Crippen LogP contribution in [0.1, 0.15) is 20.8 Å². The van der Waals surface area contributed by atoms with Crippen LogP contribution < -0.4 is 16.4 Å². The maximum Gasteiger partial charge on any atom is 0.227 e. The summed E-state index contributed by atoms with van der Waals surface area (Å²) in [5.41, 5.74) is 5.10. The van der Waals surface area contributed by atoms with Gasteiger partial charge in [-0.1, -0.05) is 0 Å². The molecule has 0 saturated carbocycles. The van der Waals surface area contributed by atoms with Gasteiger partial charge in [0.2, 0.25) is 5.91 Å². The van der Waals surface area contributed by atoms with Gasteiger partial charge in [-0.25, -0.2) is 0 Å². The molecule has 0 aliphatic rings. The topological polar surface area (TPSA) is 88.7 Å². The maximum absolute atomic E-state index is 11.7. The van der Waals surface area contributed by atoms with E-state index in [2.05, 4.69) is 15.6 Å². The maximum atomic E-state index is 11.7. The third-order valence-electron chi connectivity index (χ3n) is 2.21. The molecule has 0 aromatic carbocycles. The minimum absolute atomic E-state index is 0. The number of hydrogen-bond donors (Lipinski definition) is 3. The van der Waals surface area contributed by atoms with Crippen molar-refractivity contribution in [3.05, 3.63) is 0 Å². The molecule has 0 heterocycles. The Kier molecular flexibility index (Phi) is 11.4. The molecule has 6 nitrogen and oxygen atoms in total. The van der Waals surface area contributed by atoms with Crippen molar-refractivity contribution >= 4 is 35.8 Å². The van der Waals surface area contributed by atoms with Crippen molar-refractivity contribution in [1.82, 2.24) is 10.6 Å². The third kappa shape index (κ3) is 8.51. The molecule has 1 amide bonds. The lowest BCUT2D eigenvalue weighted by Crippen LogP contribution is -2.40. The first-order valence-corrected chi connectivity index (χ1v) is 5.75. The first kappa shape index (κ1) is 19.8. The molecule has 0 spiro atoms. The zero-order valence-corrected chi connectivity index (χ0v) is 13.9. The van der Waals surface area contributed by atoms with E-state index in [0.717, 1.165) is 0 Å². The molecule has 0 rings (SSSR count). The van der Waals surface area contributed by atoms with Crippen molar-refractivity contribution < 1.29 is 9.53 Å². The van der Waals surface area contributed by atoms with E-state index < -0.39 is 5.41 Å². The molecule has 0 radical (unpaired) electrons. The Morgan fingerprint density at radius 1 is 1.39 bits per heavy atom. The number of nitrogens with one attached hydrogen (secondary N) is 2. The van der Waals surface area contributed by atoms with Crippen molar-refractivity contribution in [3.8, 4) is 0 Å². The monoisotopic (exact) mass is 372 g/mol. The van der Waals surface area contributed by atoms with Crippen LogP contribution in [0.4, 0.5) is 0 Å². The first-order valence-electron chi connectivity index (χ1n) is 5.75. The van der Waals surface area contributed by atoms with Gasteiger partial charge in [-0.3, -0.25) is 9.79 Å². The molecule has 18 heavy (non-hydrogen) atoms. The Hall–Kier alpha value is -0.570. The van der Waals surface area contributed by atoms with E-state index >= 15 is 0 Å². The Morgan fingerprint density at radius 2 is 2.00 bits per heavy atom. The SMILES string of the molecule is CCNC(=O)C(C)(C)CN=C(N)NCCOC.I. The lowest BCUT2D eigenvalue weighted by molar-refractivity contribution is -0.128. The number of carbonyl (C=O) groups excluding carboxylic acids is 1. The largest absolute Gasteiger partial charge is 0.383 e. The summed E-state index contributed by atoms with van der Waals surface area (Å²) in [4.78, 5) is 15.8. The van der Waals surface area contributed by atoms with Crippen LogP contribution in [0, 0.1) is 5.41 Å². The van der Waals surface area contributed by atoms with Gasteiger partial charge in [0.05, 0.1) is 18.6 Å². The molecule has 0 saturated heterocycles. The van der Waals surface area contributed by atoms with Crippen LogP contribution in [0.5, 0.6) is 0 Å². The van der Waals surface area contributed by atoms with Gasteiger partial charge < -0.3 is 21.1 Å². The van der Waals surface area contributed by atoms with Gasteiger partial charge >= 0.3 is 0 Å². The number of halogens is 1. The predicted molar refractivity (Wildman–Crippen MR) is 84.2 cm³/mol. The molecule has 108 valence electrons. The van der Waals surface area contributed by atoms with E-state index in [1.807, 2.05) is 20.8 Å². The number of hydrogen-bond acceptors (Lipinski definition) is 3. The van der Waals surface area contributed by atoms with E-state index in [1.165, 1.54) is 0 Å². The second kappa shape index (κ2) is 10.4. The molecule has 0 aliphatic carbocycles. The minimum Gasteiger partial charge on any atom is -0.383 e. The fourth-order valence-corrected chi connectivity index (χ4v) is 1.09. The molecule has 0 aromatic heterocycles. The highest BCUT2D eigenvalue weighted by molar-refractivity contribution is 14.0. The smallest absolute Gasteiger partial charge is 0.227 e. The van der Waals surface area contributed by atoms with Crippen LogP contribution in [0.25, 0.3) is 0 Å². The zero-order valence-electron chi connectivity index (χ0n) is 11.6. The van der Waals surface area contributed by atoms with E-state index in [4.69, 9.17) is 10.5 Å². The summed E-state index contributed by atoms with van der Waals surface area (Å²) in [7, 11) is 1.62. The molecule has 4 N–H and O–H groups in total. The van der Waals surface area contributed by atoms with Crippen LogP contribution in [0.15, 0.2) is 4.99 Å². The van der Waals surface area contributed by atoms with Crippen LogP contribution in [0.2, 0.25) is 0 Å². The highest BCUT2D eigenvalue weighted by Crippen LogP contribution is 2.15. The van der Waals surface area contributed by atoms with Crippen LogP contribution in [0.3, 0.4) is 0 Å². The fraction of sp³-hybridized carbons (Fsp3) is 0.818. The standard InChI is InChI=1S/C11H24N4O2.HI/c1-5-13-9(16)11(2,3)8-15-10(12)14-6-7-17-4;/h5-8H2,1-4H3,(H,13,16)(H3,12,14,15);1H. The number of carbonyl (C=O) groups is 1. The number of nitrogens with two attached hydrogens (primary N) is 1. The Bertz CT molecular complexity index is 270. The lowest BCUT2D eigenvalue weighted by Gasteiger charge is -2.21. The Morgan fingerprint density at radius 3 is 2.50 bits per heavy atom. The van der Waals surface area contributed by atoms with Crippen molar-refractivity contribution in [2.45, 2.75) is 20.8 Å². The van der Waals surface area contributed by atoms with Crippen molar-refractivity contribution in [1.29, 1.82) is 0 Å². The highest BCUT2D eigenvalue weighted by Gasteiger charge is 2.26. The first-order chi connectivity index (χ1) is 7.94. The van der Waals surface area contributed by atoms with Gasteiger partial charge in [-0.15, -0.1) is 24.0 Å². The molecule has 0 unspecified atom stereocenters. The summed E-state index contributed by atoms with van der Waals surface area (Å²) in [6, 6.07) is 0. The number of amides is 1. The zero-order chi connectivity index (χ0) is 13.3. The van der Waals surface area contributed by atoms with Crippen molar-refractivity contribution in [2.75, 3.05) is 33.4 Å². The van der Waals surface area contributed by atoms with E-state index in [-0.39, 0.29) is 29.9 Å². The van der Waals surface area contributed by atoms with Crippen molar-refractivity contribution in [3.63, 3.8) is 0 Å². The molecule has 0 fully saturated rings. The minimum atomic E-state index is -0.552. The number of methoxy groups -OCH3 is 1. The summed E-state index contributed by atoms with van der Waals surface area (Å²) in [5, 5.41) is 5.67. The summed E-state index contributed by atoms with van der Waals surface area (Å²) in [6.07, 6.45) is 0. The Labute approximate surface area is 126 Å². The molecule has 0 bridgehead atoms. The van der Waals surface area contributed by atoms with E-state index in [0.29, 0.717) is 32.2 Å². The lowest BCUT2D eigenvalue weighted by atomic mass is 9.92.